The Morgan fingerprint density at radius 2 is 1.08 bits per heavy atom. The van der Waals surface area contributed by atoms with E-state index in [0.717, 1.165) is 51.4 Å². The zero-order valence-corrected chi connectivity index (χ0v) is 34.5. The lowest BCUT2D eigenvalue weighted by Crippen LogP contribution is -2.37. The fraction of sp³-hybridized carbons (Fsp3) is 0.927. The van der Waals surface area contributed by atoms with Crippen molar-refractivity contribution in [1.82, 2.24) is 0 Å². The molecule has 0 fully saturated rings. The number of ether oxygens (including phenoxy) is 2. The fourth-order valence-electron chi connectivity index (χ4n) is 5.78. The molecule has 0 aliphatic heterocycles. The van der Waals surface area contributed by atoms with Crippen LogP contribution in [0.5, 0.6) is 0 Å². The van der Waals surface area contributed by atoms with E-state index in [9.17, 15) is 14.3 Å². The van der Waals surface area contributed by atoms with Gasteiger partial charge in [-0.05, 0) is 32.1 Å². The molecule has 0 saturated carbocycles. The Kier molecular flexibility index (Phi) is 34.7. The Morgan fingerprint density at radius 1 is 0.600 bits per heavy atom. The van der Waals surface area contributed by atoms with Crippen molar-refractivity contribution in [2.45, 2.75) is 193 Å². The van der Waals surface area contributed by atoms with Crippen LogP contribution in [0.1, 0.15) is 187 Å². The second-order valence-corrected chi connectivity index (χ2v) is 16.8. The molecule has 0 bridgehead atoms. The van der Waals surface area contributed by atoms with Crippen LogP contribution in [-0.2, 0) is 27.9 Å². The largest absolute Gasteiger partial charge is 0.756 e. The van der Waals surface area contributed by atoms with Gasteiger partial charge in [-0.15, -0.1) is 0 Å². The van der Waals surface area contributed by atoms with Gasteiger partial charge in [0.1, 0.15) is 19.3 Å². The summed E-state index contributed by atoms with van der Waals surface area (Å²) in [5.74, 6) is -0.343. The number of quaternary nitrogens is 1. The highest BCUT2D eigenvalue weighted by Crippen LogP contribution is 2.38. The summed E-state index contributed by atoms with van der Waals surface area (Å²) in [7, 11) is 1.36. The molecule has 0 aromatic carbocycles. The van der Waals surface area contributed by atoms with Crippen molar-refractivity contribution in [2.75, 3.05) is 54.1 Å². The minimum Gasteiger partial charge on any atom is -0.756 e. The molecule has 0 heterocycles. The highest BCUT2D eigenvalue weighted by atomic mass is 31.2. The Morgan fingerprint density at radius 3 is 1.60 bits per heavy atom. The molecule has 2 unspecified atom stereocenters. The molecule has 0 amide bonds. The van der Waals surface area contributed by atoms with Gasteiger partial charge in [-0.1, -0.05) is 161 Å². The summed E-state index contributed by atoms with van der Waals surface area (Å²) in [6.07, 6.45) is 36.5. The second-order valence-electron chi connectivity index (χ2n) is 15.4. The molecule has 0 radical (unpaired) electrons. The highest BCUT2D eigenvalue weighted by Gasteiger charge is 2.20. The number of hydrogen-bond acceptors (Lipinski definition) is 7. The average molecular weight is 732 g/mol. The molecule has 8 nitrogen and oxygen atoms in total. The maximum atomic E-state index is 12.6. The van der Waals surface area contributed by atoms with E-state index in [4.69, 9.17) is 18.5 Å². The molecule has 2 atom stereocenters. The lowest BCUT2D eigenvalue weighted by molar-refractivity contribution is -0.870. The molecule has 0 aliphatic carbocycles. The van der Waals surface area contributed by atoms with Gasteiger partial charge in [0, 0.05) is 13.0 Å². The molecule has 0 N–H and O–H groups in total. The number of allylic oxidation sites excluding steroid dienone is 2. The fourth-order valence-corrected chi connectivity index (χ4v) is 6.51. The maximum Gasteiger partial charge on any atom is 0.306 e. The van der Waals surface area contributed by atoms with Gasteiger partial charge in [-0.25, -0.2) is 0 Å². The Labute approximate surface area is 310 Å². The van der Waals surface area contributed by atoms with Crippen LogP contribution in [-0.4, -0.2) is 70.7 Å². The number of likely N-dealkylation sites (N-methyl/N-ethyl adjacent to an activating group) is 1. The minimum absolute atomic E-state index is 0.0274. The van der Waals surface area contributed by atoms with Crippen LogP contribution in [0.15, 0.2) is 12.2 Å². The number of unbranched alkanes of at least 4 members (excludes halogenated alkanes) is 23. The monoisotopic (exact) mass is 732 g/mol. The molecule has 0 saturated heterocycles. The van der Waals surface area contributed by atoms with Crippen LogP contribution in [0.4, 0.5) is 0 Å². The Bertz CT molecular complexity index is 817. The van der Waals surface area contributed by atoms with Crippen LogP contribution in [0.2, 0.25) is 0 Å². The molecule has 0 aromatic heterocycles. The van der Waals surface area contributed by atoms with E-state index in [-0.39, 0.29) is 25.8 Å². The number of nitrogens with zero attached hydrogens (tertiary/aromatic N) is 1. The molecule has 50 heavy (non-hydrogen) atoms. The topological polar surface area (TPSA) is 94.1 Å². The van der Waals surface area contributed by atoms with Crippen molar-refractivity contribution in [3.63, 3.8) is 0 Å². The van der Waals surface area contributed by atoms with Gasteiger partial charge in [0.15, 0.2) is 0 Å². The van der Waals surface area contributed by atoms with E-state index in [1.54, 1.807) is 0 Å². The van der Waals surface area contributed by atoms with Gasteiger partial charge in [0.25, 0.3) is 7.82 Å². The van der Waals surface area contributed by atoms with Crippen molar-refractivity contribution in [1.29, 1.82) is 0 Å². The predicted octanol–water partition coefficient (Wildman–Crippen LogP) is 11.3. The zero-order valence-electron chi connectivity index (χ0n) is 33.6. The third-order valence-electron chi connectivity index (χ3n) is 9.05. The van der Waals surface area contributed by atoms with Crippen molar-refractivity contribution in [3.05, 3.63) is 12.2 Å². The van der Waals surface area contributed by atoms with Crippen molar-refractivity contribution in [2.24, 2.45) is 0 Å². The normalized spacial score (nSPS) is 14.0. The van der Waals surface area contributed by atoms with E-state index >= 15 is 0 Å². The van der Waals surface area contributed by atoms with Gasteiger partial charge >= 0.3 is 5.97 Å². The molecule has 0 rings (SSSR count). The zero-order chi connectivity index (χ0) is 37.0. The summed E-state index contributed by atoms with van der Waals surface area (Å²) in [6, 6.07) is 0. The van der Waals surface area contributed by atoms with Crippen molar-refractivity contribution < 1.29 is 37.3 Å². The van der Waals surface area contributed by atoms with Crippen molar-refractivity contribution >= 4 is 13.8 Å². The number of esters is 1. The minimum atomic E-state index is -4.51. The van der Waals surface area contributed by atoms with Crippen LogP contribution in [0, 0.1) is 0 Å². The predicted molar refractivity (Wildman–Crippen MR) is 208 cm³/mol. The summed E-state index contributed by atoms with van der Waals surface area (Å²) in [5, 5.41) is 0. The quantitative estimate of drug-likeness (QED) is 0.0204. The first kappa shape index (κ1) is 49.2. The Hall–Kier alpha value is -0.760. The van der Waals surface area contributed by atoms with Crippen LogP contribution >= 0.6 is 7.82 Å². The standard InChI is InChI=1S/C41H82NO7P/c1-6-8-10-12-14-16-18-19-20-21-22-23-24-25-27-29-31-33-36-46-38-40(39-48-50(44,45)47-37-35-42(3,4)5)49-41(43)34-32-30-28-26-17-15-13-11-9-7-2/h11,13,40H,6-10,12,14-39H2,1-5H3/b13-11-. The number of phosphoric ester groups is 1. The van der Waals surface area contributed by atoms with Gasteiger partial charge in [0.05, 0.1) is 34.4 Å². The van der Waals surface area contributed by atoms with E-state index in [1.807, 2.05) is 21.1 Å². The molecular weight excluding hydrogens is 649 g/mol. The number of hydrogen-bond donors (Lipinski definition) is 0. The summed E-state index contributed by atoms with van der Waals surface area (Å²) < 4.78 is 34.5. The van der Waals surface area contributed by atoms with Gasteiger partial charge < -0.3 is 27.9 Å². The van der Waals surface area contributed by atoms with E-state index in [0.29, 0.717) is 24.1 Å². The number of rotatable bonds is 39. The molecular formula is C41H82NO7P. The van der Waals surface area contributed by atoms with Crippen molar-refractivity contribution in [3.8, 4) is 0 Å². The maximum absolute atomic E-state index is 12.6. The van der Waals surface area contributed by atoms with Crippen LogP contribution in [0.25, 0.3) is 0 Å². The molecule has 0 spiro atoms. The number of carbonyl (C=O) groups excluding carboxylic acids is 1. The lowest BCUT2D eigenvalue weighted by atomic mass is 10.0. The summed E-state index contributed by atoms with van der Waals surface area (Å²) in [6.45, 7) is 5.37. The molecule has 9 heteroatoms. The van der Waals surface area contributed by atoms with Gasteiger partial charge in [0.2, 0.25) is 0 Å². The first-order valence-electron chi connectivity index (χ1n) is 20.9. The molecule has 0 aliphatic rings. The Balaban J connectivity index is 4.16. The van der Waals surface area contributed by atoms with Crippen LogP contribution < -0.4 is 4.89 Å². The average Bonchev–Trinajstić information content (AvgIpc) is 3.06. The third-order valence-corrected chi connectivity index (χ3v) is 10.0. The SMILES string of the molecule is CCC/C=C\CCCCCCCC(=O)OC(COCCCCCCCCCCCCCCCCCCCC)COP(=O)([O-])OCC[N+](C)(C)C. The van der Waals surface area contributed by atoms with E-state index in [1.165, 1.54) is 116 Å². The second kappa shape index (κ2) is 35.3. The molecule has 298 valence electrons. The highest BCUT2D eigenvalue weighted by molar-refractivity contribution is 7.45. The third kappa shape index (κ3) is 38.5. The summed E-state index contributed by atoms with van der Waals surface area (Å²) in [4.78, 5) is 24.9. The van der Waals surface area contributed by atoms with E-state index < -0.39 is 13.9 Å². The number of carbonyl (C=O) groups is 1. The first-order valence-corrected chi connectivity index (χ1v) is 22.4. The van der Waals surface area contributed by atoms with Crippen LogP contribution in [0.3, 0.4) is 0 Å². The van der Waals surface area contributed by atoms with Gasteiger partial charge in [-0.2, -0.15) is 0 Å². The first-order chi connectivity index (χ1) is 24.1. The lowest BCUT2D eigenvalue weighted by Gasteiger charge is -2.28. The summed E-state index contributed by atoms with van der Waals surface area (Å²) >= 11 is 0. The van der Waals surface area contributed by atoms with E-state index in [2.05, 4.69) is 26.0 Å². The number of phosphoric acid groups is 1. The van der Waals surface area contributed by atoms with Gasteiger partial charge in [-0.3, -0.25) is 9.36 Å². The smallest absolute Gasteiger partial charge is 0.306 e. The molecule has 0 aromatic rings. The summed E-state index contributed by atoms with van der Waals surface area (Å²) in [5.41, 5.74) is 0.